The molecule has 1 fully saturated rings. The van der Waals surface area contributed by atoms with Crippen LogP contribution in [-0.4, -0.2) is 17.2 Å². The third kappa shape index (κ3) is 5.08. The van der Waals surface area contributed by atoms with E-state index in [0.29, 0.717) is 6.54 Å². The molecule has 1 amide bonds. The summed E-state index contributed by atoms with van der Waals surface area (Å²) in [5.41, 5.74) is 0.944. The van der Waals surface area contributed by atoms with Gasteiger partial charge in [0.2, 0.25) is 5.91 Å². The van der Waals surface area contributed by atoms with Gasteiger partial charge in [-0.15, -0.1) is 0 Å². The van der Waals surface area contributed by atoms with Crippen LogP contribution in [0.2, 0.25) is 0 Å². The Morgan fingerprint density at radius 2 is 2.25 bits per heavy atom. The van der Waals surface area contributed by atoms with Crippen LogP contribution < -0.4 is 5.32 Å². The molecule has 2 nitrogen and oxygen atoms in total. The van der Waals surface area contributed by atoms with Crippen LogP contribution in [0.3, 0.4) is 0 Å². The second kappa shape index (κ2) is 8.71. The van der Waals surface area contributed by atoms with E-state index < -0.39 is 4.71 Å². The molecule has 0 bridgehead atoms. The molecule has 1 aliphatic heterocycles. The van der Waals surface area contributed by atoms with Gasteiger partial charge in [-0.1, -0.05) is 63.2 Å². The van der Waals surface area contributed by atoms with Gasteiger partial charge in [0, 0.05) is 11.4 Å². The maximum atomic E-state index is 11.2. The summed E-state index contributed by atoms with van der Waals surface area (Å²) in [5, 5.41) is 2.72. The van der Waals surface area contributed by atoms with Crippen molar-refractivity contribution in [1.29, 1.82) is 0 Å². The molecule has 0 aromatic rings. The Balaban J connectivity index is 0.00000106. The summed E-state index contributed by atoms with van der Waals surface area (Å²) in [4.78, 5) is 12.3. The summed E-state index contributed by atoms with van der Waals surface area (Å²) in [6.07, 6.45) is 4.19. The first-order chi connectivity index (χ1) is 7.65. The molecule has 1 saturated heterocycles. The van der Waals surface area contributed by atoms with Gasteiger partial charge in [0.1, 0.15) is 0 Å². The lowest BCUT2D eigenvalue weighted by molar-refractivity contribution is -0.119. The second-order valence-electron chi connectivity index (χ2n) is 3.11. The Morgan fingerprint density at radius 3 is 2.81 bits per heavy atom. The normalized spacial score (nSPS) is 23.2. The van der Waals surface area contributed by atoms with Crippen LogP contribution in [0.5, 0.6) is 0 Å². The molecule has 0 saturated carbocycles. The number of halogens is 1. The van der Waals surface area contributed by atoms with Crippen LogP contribution in [0, 0.1) is 0 Å². The smallest absolute Gasteiger partial charge is 0.248 e. The van der Waals surface area contributed by atoms with Crippen LogP contribution in [-0.2, 0) is 4.79 Å². The van der Waals surface area contributed by atoms with E-state index in [1.54, 1.807) is 0 Å². The molecule has 0 aromatic heterocycles. The molecule has 1 aliphatic rings. The summed E-state index contributed by atoms with van der Waals surface area (Å²) >= 11 is 7.26. The number of carbonyl (C=O) groups is 1. The van der Waals surface area contributed by atoms with Gasteiger partial charge in [0.25, 0.3) is 0 Å². The first-order valence-electron chi connectivity index (χ1n) is 5.62. The predicted octanol–water partition coefficient (Wildman–Crippen LogP) is 3.68. The minimum Gasteiger partial charge on any atom is -0.350 e. The van der Waals surface area contributed by atoms with E-state index in [-0.39, 0.29) is 5.91 Å². The first kappa shape index (κ1) is 15.6. The third-order valence-electron chi connectivity index (χ3n) is 1.88. The highest BCUT2D eigenvalue weighted by Crippen LogP contribution is 2.32. The van der Waals surface area contributed by atoms with Gasteiger partial charge >= 0.3 is 0 Å². The summed E-state index contributed by atoms with van der Waals surface area (Å²) in [5.74, 6) is -0.127. The summed E-state index contributed by atoms with van der Waals surface area (Å²) in [7, 11) is 0. The zero-order valence-corrected chi connectivity index (χ0v) is 11.8. The first-order valence-corrected chi connectivity index (χ1v) is 6.93. The molecule has 1 atom stereocenters. The average Bonchev–Trinajstić information content (AvgIpc) is 2.43. The fourth-order valence-corrected chi connectivity index (χ4v) is 2.31. The molecule has 1 rings (SSSR count). The van der Waals surface area contributed by atoms with E-state index in [0.717, 1.165) is 23.3 Å². The van der Waals surface area contributed by atoms with Gasteiger partial charge in [-0.25, -0.2) is 0 Å². The monoisotopic (exact) mass is 261 g/mol. The van der Waals surface area contributed by atoms with Crippen molar-refractivity contribution >= 4 is 29.3 Å². The second-order valence-corrected chi connectivity index (χ2v) is 4.95. The topological polar surface area (TPSA) is 29.1 Å². The molecule has 0 radical (unpaired) electrons. The lowest BCUT2D eigenvalue weighted by atomic mass is 10.2. The van der Waals surface area contributed by atoms with Crippen molar-refractivity contribution in [3.05, 3.63) is 23.1 Å². The van der Waals surface area contributed by atoms with Crippen LogP contribution >= 0.6 is 23.4 Å². The molecule has 0 aliphatic carbocycles. The van der Waals surface area contributed by atoms with E-state index >= 15 is 0 Å². The Labute approximate surface area is 108 Å². The van der Waals surface area contributed by atoms with Crippen molar-refractivity contribution in [2.24, 2.45) is 0 Å². The Morgan fingerprint density at radius 1 is 1.62 bits per heavy atom. The minimum atomic E-state index is -0.530. The van der Waals surface area contributed by atoms with E-state index in [1.807, 2.05) is 13.8 Å². The Kier molecular flexibility index (Phi) is 8.49. The number of nitrogens with one attached hydrogen (secondary N) is 1. The SMILES string of the molecule is C=C1CNC(=O)C(Cl)S/C1=C/CCC.CC. The molecule has 92 valence electrons. The van der Waals surface area contributed by atoms with Crippen LogP contribution in [0.4, 0.5) is 0 Å². The number of carbonyl (C=O) groups excluding carboxylic acids is 1. The highest BCUT2D eigenvalue weighted by atomic mass is 35.5. The van der Waals surface area contributed by atoms with E-state index in [9.17, 15) is 4.79 Å². The van der Waals surface area contributed by atoms with Crippen LogP contribution in [0.15, 0.2) is 23.1 Å². The highest BCUT2D eigenvalue weighted by molar-refractivity contribution is 8.05. The number of unbranched alkanes of at least 4 members (excludes halogenated alkanes) is 1. The molecule has 16 heavy (non-hydrogen) atoms. The van der Waals surface area contributed by atoms with Crippen LogP contribution in [0.25, 0.3) is 0 Å². The molecule has 1 heterocycles. The third-order valence-corrected chi connectivity index (χ3v) is 3.48. The van der Waals surface area contributed by atoms with Gasteiger partial charge < -0.3 is 5.32 Å². The van der Waals surface area contributed by atoms with E-state index in [4.69, 9.17) is 11.6 Å². The molecule has 0 aromatic carbocycles. The van der Waals surface area contributed by atoms with Gasteiger partial charge in [-0.3, -0.25) is 4.79 Å². The van der Waals surface area contributed by atoms with E-state index in [2.05, 4.69) is 24.9 Å². The molecule has 0 spiro atoms. The zero-order chi connectivity index (χ0) is 12.6. The summed E-state index contributed by atoms with van der Waals surface area (Å²) in [6.45, 7) is 10.5. The molecule has 4 heteroatoms. The van der Waals surface area contributed by atoms with Gasteiger partial charge in [0.05, 0.1) is 0 Å². The van der Waals surface area contributed by atoms with Gasteiger partial charge in [-0.05, 0) is 12.0 Å². The predicted molar refractivity (Wildman–Crippen MR) is 73.7 cm³/mol. The maximum Gasteiger partial charge on any atom is 0.248 e. The largest absolute Gasteiger partial charge is 0.350 e. The van der Waals surface area contributed by atoms with Crippen molar-refractivity contribution in [2.45, 2.75) is 38.3 Å². The lowest BCUT2D eigenvalue weighted by Gasteiger charge is -2.05. The zero-order valence-electron chi connectivity index (χ0n) is 10.2. The summed E-state index contributed by atoms with van der Waals surface area (Å²) < 4.78 is -0.530. The number of hydrogen-bond donors (Lipinski definition) is 1. The molecule has 1 unspecified atom stereocenters. The van der Waals surface area contributed by atoms with Crippen molar-refractivity contribution in [2.75, 3.05) is 6.54 Å². The van der Waals surface area contributed by atoms with Crippen molar-refractivity contribution in [3.63, 3.8) is 0 Å². The summed E-state index contributed by atoms with van der Waals surface area (Å²) in [6, 6.07) is 0. The number of hydrogen-bond acceptors (Lipinski definition) is 2. The van der Waals surface area contributed by atoms with Crippen molar-refractivity contribution < 1.29 is 4.79 Å². The Bertz CT molecular complexity index is 276. The fraction of sp³-hybridized carbons (Fsp3) is 0.583. The highest BCUT2D eigenvalue weighted by Gasteiger charge is 2.22. The molecular formula is C12H20ClNOS. The lowest BCUT2D eigenvalue weighted by Crippen LogP contribution is -2.28. The number of alkyl halides is 1. The standard InChI is InChI=1S/C10H14ClNOS.C2H6/c1-3-4-5-8-7(2)6-12-10(13)9(11)14-8;1-2/h5,9H,2-4,6H2,1H3,(H,12,13);1-2H3/b8-5+;. The van der Waals surface area contributed by atoms with Gasteiger partial charge in [-0.2, -0.15) is 0 Å². The number of rotatable bonds is 2. The number of amides is 1. The maximum absolute atomic E-state index is 11.2. The van der Waals surface area contributed by atoms with Crippen molar-refractivity contribution in [1.82, 2.24) is 5.32 Å². The quantitative estimate of drug-likeness (QED) is 0.769. The fourth-order valence-electron chi connectivity index (χ4n) is 1.08. The average molecular weight is 262 g/mol. The molecular weight excluding hydrogens is 242 g/mol. The van der Waals surface area contributed by atoms with Crippen molar-refractivity contribution in [3.8, 4) is 0 Å². The van der Waals surface area contributed by atoms with E-state index in [1.165, 1.54) is 11.8 Å². The Hall–Kier alpha value is -0.410. The number of allylic oxidation sites excluding steroid dienone is 1. The van der Waals surface area contributed by atoms with Crippen LogP contribution in [0.1, 0.15) is 33.6 Å². The molecule has 1 N–H and O–H groups in total. The minimum absolute atomic E-state index is 0.127. The number of thioether (sulfide) groups is 1. The van der Waals surface area contributed by atoms with Gasteiger partial charge in [0.15, 0.2) is 4.71 Å².